The van der Waals surface area contributed by atoms with Crippen LogP contribution in [0.1, 0.15) is 30.1 Å². The molecule has 1 aliphatic rings. The van der Waals surface area contributed by atoms with E-state index in [1.54, 1.807) is 6.92 Å². The predicted octanol–water partition coefficient (Wildman–Crippen LogP) is 3.43. The molecule has 0 amide bonds. The number of halogens is 1. The highest BCUT2D eigenvalue weighted by Crippen LogP contribution is 2.31. The molecule has 1 fully saturated rings. The van der Waals surface area contributed by atoms with Crippen molar-refractivity contribution < 1.29 is 4.79 Å². The number of carbonyl (C=O) groups excluding carboxylic acids is 1. The van der Waals surface area contributed by atoms with Gasteiger partial charge in [-0.15, -0.1) is 0 Å². The molecular weight excluding hydrogens is 316 g/mol. The molecule has 0 saturated carbocycles. The monoisotopic (exact) mass is 338 g/mol. The summed E-state index contributed by atoms with van der Waals surface area (Å²) in [5.41, 5.74) is 1.97. The number of nitrogens with zero attached hydrogens (tertiary/aromatic N) is 2. The molecule has 0 spiro atoms. The average molecular weight is 339 g/mol. The van der Waals surface area contributed by atoms with Gasteiger partial charge in [0.25, 0.3) is 0 Å². The number of benzene rings is 1. The fraction of sp³-hybridized carbons (Fsp3) is 0.562. The zero-order valence-electron chi connectivity index (χ0n) is 12.5. The smallest absolute Gasteiger partial charge is 0.159 e. The minimum atomic E-state index is 0.113. The van der Waals surface area contributed by atoms with Crippen LogP contribution in [-0.2, 0) is 0 Å². The lowest BCUT2D eigenvalue weighted by molar-refractivity contribution is 0.101. The third-order valence-corrected chi connectivity index (χ3v) is 4.57. The first-order valence-corrected chi connectivity index (χ1v) is 7.97. The van der Waals surface area contributed by atoms with Crippen molar-refractivity contribution in [1.29, 1.82) is 0 Å². The maximum absolute atomic E-state index is 11.4. The highest BCUT2D eigenvalue weighted by atomic mass is 79.9. The molecule has 1 heterocycles. The molecule has 20 heavy (non-hydrogen) atoms. The largest absolute Gasteiger partial charge is 0.371 e. The Labute approximate surface area is 130 Å². The van der Waals surface area contributed by atoms with Crippen LogP contribution >= 0.6 is 15.9 Å². The van der Waals surface area contributed by atoms with E-state index in [1.165, 1.54) is 25.1 Å². The molecule has 0 aromatic heterocycles. The van der Waals surface area contributed by atoms with Crippen LogP contribution in [0.4, 0.5) is 5.69 Å². The van der Waals surface area contributed by atoms with Gasteiger partial charge in [-0.3, -0.25) is 4.79 Å². The predicted molar refractivity (Wildman–Crippen MR) is 87.6 cm³/mol. The Kier molecular flexibility index (Phi) is 5.22. The van der Waals surface area contributed by atoms with Crippen molar-refractivity contribution in [2.45, 2.75) is 19.8 Å². The number of rotatable bonds is 4. The van der Waals surface area contributed by atoms with Crippen molar-refractivity contribution >= 4 is 27.4 Å². The summed E-state index contributed by atoms with van der Waals surface area (Å²) < 4.78 is 1.02. The molecule has 1 aromatic rings. The number of carbonyl (C=O) groups is 1. The molecule has 1 aromatic carbocycles. The summed E-state index contributed by atoms with van der Waals surface area (Å²) in [6, 6.07) is 5.92. The summed E-state index contributed by atoms with van der Waals surface area (Å²) in [6.45, 7) is 4.97. The number of piperidine rings is 1. The Balaban J connectivity index is 2.02. The maximum atomic E-state index is 11.4. The van der Waals surface area contributed by atoms with E-state index in [-0.39, 0.29) is 5.78 Å². The van der Waals surface area contributed by atoms with Gasteiger partial charge in [0.05, 0.1) is 5.69 Å². The number of ketones is 1. The van der Waals surface area contributed by atoms with Crippen LogP contribution in [0.15, 0.2) is 22.7 Å². The molecule has 1 saturated heterocycles. The van der Waals surface area contributed by atoms with Crippen LogP contribution in [0.2, 0.25) is 0 Å². The Morgan fingerprint density at radius 3 is 2.50 bits per heavy atom. The second kappa shape index (κ2) is 6.72. The highest BCUT2D eigenvalue weighted by molar-refractivity contribution is 9.10. The quantitative estimate of drug-likeness (QED) is 0.786. The fourth-order valence-corrected chi connectivity index (χ4v) is 3.48. The lowest BCUT2D eigenvalue weighted by Gasteiger charge is -2.35. The van der Waals surface area contributed by atoms with Crippen molar-refractivity contribution in [1.82, 2.24) is 4.90 Å². The molecule has 0 bridgehead atoms. The average Bonchev–Trinajstić information content (AvgIpc) is 2.39. The zero-order valence-corrected chi connectivity index (χ0v) is 14.1. The normalized spacial score (nSPS) is 16.8. The molecule has 1 aliphatic heterocycles. The van der Waals surface area contributed by atoms with Crippen LogP contribution in [0.5, 0.6) is 0 Å². The van der Waals surface area contributed by atoms with E-state index in [0.29, 0.717) is 0 Å². The van der Waals surface area contributed by atoms with Crippen molar-refractivity contribution in [3.63, 3.8) is 0 Å². The van der Waals surface area contributed by atoms with Crippen molar-refractivity contribution in [3.8, 4) is 0 Å². The number of anilines is 1. The van der Waals surface area contributed by atoms with Crippen molar-refractivity contribution in [2.24, 2.45) is 5.92 Å². The van der Waals surface area contributed by atoms with E-state index in [1.807, 2.05) is 12.1 Å². The van der Waals surface area contributed by atoms with Crippen LogP contribution in [0, 0.1) is 5.92 Å². The third-order valence-electron chi connectivity index (χ3n) is 3.93. The molecule has 4 heteroatoms. The maximum Gasteiger partial charge on any atom is 0.159 e. The Morgan fingerprint density at radius 2 is 2.00 bits per heavy atom. The summed E-state index contributed by atoms with van der Waals surface area (Å²) in [5.74, 6) is 0.915. The standard InChI is InChI=1S/C16H23BrN2O/c1-12(20)14-4-5-16(15(17)10-14)19-8-6-13(7-9-19)11-18(2)3/h4-5,10,13H,6-9,11H2,1-3H3. The first kappa shape index (κ1) is 15.5. The van der Waals surface area contributed by atoms with Gasteiger partial charge in [-0.25, -0.2) is 0 Å². The number of hydrogen-bond donors (Lipinski definition) is 0. The highest BCUT2D eigenvalue weighted by Gasteiger charge is 2.21. The van der Waals surface area contributed by atoms with Crippen molar-refractivity contribution in [2.75, 3.05) is 38.6 Å². The first-order valence-electron chi connectivity index (χ1n) is 7.17. The summed E-state index contributed by atoms with van der Waals surface area (Å²) in [5, 5.41) is 0. The van der Waals surface area contributed by atoms with E-state index in [4.69, 9.17) is 0 Å². The van der Waals surface area contributed by atoms with Gasteiger partial charge in [-0.05, 0) is 73.9 Å². The SMILES string of the molecule is CC(=O)c1ccc(N2CCC(CN(C)C)CC2)c(Br)c1. The van der Waals surface area contributed by atoms with Gasteiger partial charge in [0.1, 0.15) is 0 Å². The summed E-state index contributed by atoms with van der Waals surface area (Å²) in [6.07, 6.45) is 2.47. The number of hydrogen-bond acceptors (Lipinski definition) is 3. The summed E-state index contributed by atoms with van der Waals surface area (Å²) in [7, 11) is 4.28. The molecule has 2 rings (SSSR count). The Hall–Kier alpha value is -0.870. The van der Waals surface area contributed by atoms with Crippen LogP contribution in [-0.4, -0.2) is 44.4 Å². The lowest BCUT2D eigenvalue weighted by atomic mass is 9.96. The second-order valence-electron chi connectivity index (χ2n) is 5.92. The third kappa shape index (κ3) is 3.83. The Bertz CT molecular complexity index is 479. The molecule has 0 aliphatic carbocycles. The van der Waals surface area contributed by atoms with Crippen LogP contribution < -0.4 is 4.90 Å². The minimum absolute atomic E-state index is 0.113. The van der Waals surface area contributed by atoms with E-state index in [0.717, 1.165) is 29.0 Å². The minimum Gasteiger partial charge on any atom is -0.371 e. The second-order valence-corrected chi connectivity index (χ2v) is 6.77. The molecule has 0 unspecified atom stereocenters. The van der Waals surface area contributed by atoms with Crippen molar-refractivity contribution in [3.05, 3.63) is 28.2 Å². The summed E-state index contributed by atoms with van der Waals surface area (Å²) >= 11 is 3.60. The molecule has 3 nitrogen and oxygen atoms in total. The zero-order chi connectivity index (χ0) is 14.7. The number of Topliss-reactive ketones (excluding diaryl/α,β-unsaturated/α-hetero) is 1. The van der Waals surface area contributed by atoms with Gasteiger partial charge < -0.3 is 9.80 Å². The van der Waals surface area contributed by atoms with Gasteiger partial charge in [0, 0.05) is 29.7 Å². The molecule has 0 atom stereocenters. The first-order chi connectivity index (χ1) is 9.47. The van der Waals surface area contributed by atoms with E-state index in [2.05, 4.69) is 45.9 Å². The lowest BCUT2D eigenvalue weighted by Crippen LogP contribution is -2.37. The topological polar surface area (TPSA) is 23.6 Å². The van der Waals surface area contributed by atoms with E-state index >= 15 is 0 Å². The van der Waals surface area contributed by atoms with Crippen LogP contribution in [0.3, 0.4) is 0 Å². The van der Waals surface area contributed by atoms with E-state index < -0.39 is 0 Å². The molecule has 0 N–H and O–H groups in total. The van der Waals surface area contributed by atoms with Gasteiger partial charge in [-0.1, -0.05) is 0 Å². The van der Waals surface area contributed by atoms with Gasteiger partial charge >= 0.3 is 0 Å². The fourth-order valence-electron chi connectivity index (χ4n) is 2.86. The van der Waals surface area contributed by atoms with Crippen LogP contribution in [0.25, 0.3) is 0 Å². The summed E-state index contributed by atoms with van der Waals surface area (Å²) in [4.78, 5) is 16.1. The molecule has 110 valence electrons. The molecular formula is C16H23BrN2O. The van der Waals surface area contributed by atoms with Gasteiger partial charge in [0.2, 0.25) is 0 Å². The Morgan fingerprint density at radius 1 is 1.35 bits per heavy atom. The van der Waals surface area contributed by atoms with E-state index in [9.17, 15) is 4.79 Å². The van der Waals surface area contributed by atoms with Gasteiger partial charge in [-0.2, -0.15) is 0 Å². The molecule has 0 radical (unpaired) electrons. The van der Waals surface area contributed by atoms with Gasteiger partial charge in [0.15, 0.2) is 5.78 Å².